The van der Waals surface area contributed by atoms with Crippen molar-refractivity contribution in [1.29, 1.82) is 0 Å². The summed E-state index contributed by atoms with van der Waals surface area (Å²) < 4.78 is 0. The molecular formula is C23H21N5S. The molecule has 4 N–H and O–H groups in total. The van der Waals surface area contributed by atoms with E-state index < -0.39 is 0 Å². The van der Waals surface area contributed by atoms with E-state index in [2.05, 4.69) is 62.9 Å². The average Bonchev–Trinajstić information content (AvgIpc) is 3.40. The lowest BCUT2D eigenvalue weighted by Gasteiger charge is -2.11. The van der Waals surface area contributed by atoms with Gasteiger partial charge in [-0.05, 0) is 41.1 Å². The van der Waals surface area contributed by atoms with Gasteiger partial charge in [-0.15, -0.1) is 0 Å². The molecule has 1 atom stereocenters. The Kier molecular flexibility index (Phi) is 4.71. The van der Waals surface area contributed by atoms with Crippen LogP contribution in [-0.4, -0.2) is 27.5 Å². The summed E-state index contributed by atoms with van der Waals surface area (Å²) in [6.07, 6.45) is 8.49. The molecule has 2 aromatic carbocycles. The second kappa shape index (κ2) is 7.66. The van der Waals surface area contributed by atoms with E-state index in [1.165, 1.54) is 16.3 Å². The van der Waals surface area contributed by atoms with Crippen LogP contribution in [0, 0.1) is 0 Å². The van der Waals surface area contributed by atoms with Crippen LogP contribution in [0.5, 0.6) is 0 Å². The van der Waals surface area contributed by atoms with Crippen molar-refractivity contribution in [2.45, 2.75) is 12.5 Å². The smallest absolute Gasteiger partial charge is 0.183 e. The number of nitrogens with zero attached hydrogens (tertiary/aromatic N) is 2. The molecule has 0 fully saturated rings. The lowest BCUT2D eigenvalue weighted by molar-refractivity contribution is 0.702. The van der Waals surface area contributed by atoms with Gasteiger partial charge in [-0.2, -0.15) is 0 Å². The van der Waals surface area contributed by atoms with Gasteiger partial charge in [0, 0.05) is 53.7 Å². The van der Waals surface area contributed by atoms with Gasteiger partial charge in [0.25, 0.3) is 0 Å². The summed E-state index contributed by atoms with van der Waals surface area (Å²) >= 11 is 1.65. The van der Waals surface area contributed by atoms with E-state index in [0.29, 0.717) is 6.54 Å². The number of pyridine rings is 1. The summed E-state index contributed by atoms with van der Waals surface area (Å²) in [5.74, 6) is 0. The minimum Gasteiger partial charge on any atom is -0.361 e. The molecule has 3 aromatic heterocycles. The molecule has 0 amide bonds. The lowest BCUT2D eigenvalue weighted by Crippen LogP contribution is -2.31. The van der Waals surface area contributed by atoms with Crippen molar-refractivity contribution in [2.24, 2.45) is 5.73 Å². The Labute approximate surface area is 172 Å². The zero-order chi connectivity index (χ0) is 19.6. The van der Waals surface area contributed by atoms with Crippen LogP contribution in [0.3, 0.4) is 0 Å². The van der Waals surface area contributed by atoms with Crippen molar-refractivity contribution in [1.82, 2.24) is 15.0 Å². The van der Waals surface area contributed by atoms with E-state index in [4.69, 9.17) is 5.73 Å². The van der Waals surface area contributed by atoms with Gasteiger partial charge in [0.15, 0.2) is 5.13 Å². The van der Waals surface area contributed by atoms with Crippen molar-refractivity contribution in [3.8, 4) is 10.4 Å². The van der Waals surface area contributed by atoms with E-state index in [9.17, 15) is 0 Å². The molecule has 0 saturated carbocycles. The SMILES string of the molecule is N[C@@H](CNc1ncc(-c2ccc3cnccc3c2)s1)Cc1c[nH]c2ccccc12. The average molecular weight is 400 g/mol. The minimum absolute atomic E-state index is 0.00900. The van der Waals surface area contributed by atoms with Crippen molar-refractivity contribution < 1.29 is 0 Å². The first-order valence-corrected chi connectivity index (χ1v) is 10.4. The number of rotatable bonds is 6. The van der Waals surface area contributed by atoms with Crippen LogP contribution in [0.4, 0.5) is 5.13 Å². The molecule has 5 nitrogen and oxygen atoms in total. The Morgan fingerprint density at radius 2 is 2.00 bits per heavy atom. The summed E-state index contributed by atoms with van der Waals surface area (Å²) in [7, 11) is 0. The molecule has 144 valence electrons. The van der Waals surface area contributed by atoms with Gasteiger partial charge in [-0.3, -0.25) is 4.98 Å². The highest BCUT2D eigenvalue weighted by molar-refractivity contribution is 7.18. The van der Waals surface area contributed by atoms with Gasteiger partial charge < -0.3 is 16.0 Å². The van der Waals surface area contributed by atoms with Gasteiger partial charge in [-0.25, -0.2) is 4.98 Å². The fourth-order valence-electron chi connectivity index (χ4n) is 3.60. The van der Waals surface area contributed by atoms with Gasteiger partial charge in [0.2, 0.25) is 0 Å². The highest BCUT2D eigenvalue weighted by atomic mass is 32.1. The summed E-state index contributed by atoms with van der Waals surface area (Å²) in [6.45, 7) is 0.676. The van der Waals surface area contributed by atoms with Crippen LogP contribution in [0.1, 0.15) is 5.56 Å². The number of anilines is 1. The molecule has 0 unspecified atom stereocenters. The molecule has 0 aliphatic rings. The van der Waals surface area contributed by atoms with Crippen LogP contribution in [-0.2, 0) is 6.42 Å². The summed E-state index contributed by atoms with van der Waals surface area (Å²) in [4.78, 5) is 13.1. The first kappa shape index (κ1) is 17.8. The first-order valence-electron chi connectivity index (χ1n) is 9.61. The fraction of sp³-hybridized carbons (Fsp3) is 0.130. The number of H-pyrrole nitrogens is 1. The summed E-state index contributed by atoms with van der Waals surface area (Å²) in [5.41, 5.74) is 9.94. The van der Waals surface area contributed by atoms with E-state index in [1.807, 2.05) is 30.7 Å². The predicted octanol–water partition coefficient (Wildman–Crippen LogP) is 4.82. The van der Waals surface area contributed by atoms with Gasteiger partial charge in [0.05, 0.1) is 4.88 Å². The third-order valence-electron chi connectivity index (χ3n) is 5.10. The normalized spacial score (nSPS) is 12.4. The first-order chi connectivity index (χ1) is 14.3. The number of benzene rings is 2. The third kappa shape index (κ3) is 3.72. The van der Waals surface area contributed by atoms with Crippen molar-refractivity contribution >= 4 is 38.1 Å². The molecule has 0 saturated heterocycles. The molecular weight excluding hydrogens is 378 g/mol. The molecule has 5 rings (SSSR count). The van der Waals surface area contributed by atoms with Gasteiger partial charge in [-0.1, -0.05) is 41.7 Å². The molecule has 0 bridgehead atoms. The lowest BCUT2D eigenvalue weighted by atomic mass is 10.1. The number of hydrogen-bond acceptors (Lipinski definition) is 5. The van der Waals surface area contributed by atoms with Gasteiger partial charge in [0.1, 0.15) is 0 Å². The van der Waals surface area contributed by atoms with Gasteiger partial charge >= 0.3 is 0 Å². The number of aromatic amines is 1. The zero-order valence-corrected chi connectivity index (χ0v) is 16.6. The number of fused-ring (bicyclic) bond motifs is 2. The third-order valence-corrected chi connectivity index (χ3v) is 6.11. The maximum atomic E-state index is 6.38. The predicted molar refractivity (Wildman–Crippen MR) is 121 cm³/mol. The molecule has 5 aromatic rings. The molecule has 3 heterocycles. The largest absolute Gasteiger partial charge is 0.361 e. The minimum atomic E-state index is 0.00900. The maximum absolute atomic E-state index is 6.38. The Hall–Kier alpha value is -3.22. The number of nitrogens with one attached hydrogen (secondary N) is 2. The summed E-state index contributed by atoms with van der Waals surface area (Å²) in [6, 6.07) is 16.7. The van der Waals surface area contributed by atoms with Crippen molar-refractivity contribution in [2.75, 3.05) is 11.9 Å². The molecule has 0 aliphatic carbocycles. The van der Waals surface area contributed by atoms with E-state index >= 15 is 0 Å². The van der Waals surface area contributed by atoms with Crippen molar-refractivity contribution in [3.63, 3.8) is 0 Å². The number of nitrogens with two attached hydrogens (primary N) is 1. The number of aromatic nitrogens is 3. The molecule has 6 heteroatoms. The topological polar surface area (TPSA) is 79.6 Å². The van der Waals surface area contributed by atoms with Crippen LogP contribution in [0.2, 0.25) is 0 Å². The number of thiazole rings is 1. The quantitative estimate of drug-likeness (QED) is 0.382. The van der Waals surface area contributed by atoms with Crippen LogP contribution in [0.25, 0.3) is 32.1 Å². The maximum Gasteiger partial charge on any atom is 0.183 e. The standard InChI is InChI=1S/C23H21N5S/c24-19(10-18-12-26-21-4-2-1-3-20(18)21)13-27-23-28-14-22(29-23)16-5-6-17-11-25-8-7-15(17)9-16/h1-9,11-12,14,19,26H,10,13,24H2,(H,27,28)/t19-/m1/s1. The highest BCUT2D eigenvalue weighted by Crippen LogP contribution is 2.31. The Bertz CT molecular complexity index is 1270. The van der Waals surface area contributed by atoms with E-state index in [-0.39, 0.29) is 6.04 Å². The molecule has 0 aliphatic heterocycles. The van der Waals surface area contributed by atoms with Crippen LogP contribution < -0.4 is 11.1 Å². The molecule has 29 heavy (non-hydrogen) atoms. The Morgan fingerprint density at radius 3 is 2.97 bits per heavy atom. The fourth-order valence-corrected chi connectivity index (χ4v) is 4.42. The highest BCUT2D eigenvalue weighted by Gasteiger charge is 2.10. The van der Waals surface area contributed by atoms with Crippen molar-refractivity contribution in [3.05, 3.63) is 78.9 Å². The second-order valence-electron chi connectivity index (χ2n) is 7.17. The second-order valence-corrected chi connectivity index (χ2v) is 8.20. The Balaban J connectivity index is 1.25. The monoisotopic (exact) mass is 399 g/mol. The summed E-state index contributed by atoms with van der Waals surface area (Å²) in [5, 5.41) is 7.85. The van der Waals surface area contributed by atoms with Crippen LogP contribution >= 0.6 is 11.3 Å². The number of hydrogen-bond donors (Lipinski definition) is 3. The molecule has 0 spiro atoms. The Morgan fingerprint density at radius 1 is 1.07 bits per heavy atom. The van der Waals surface area contributed by atoms with Crippen LogP contribution in [0.15, 0.2) is 73.3 Å². The number of para-hydroxylation sites is 1. The zero-order valence-electron chi connectivity index (χ0n) is 15.8. The molecule has 0 radical (unpaired) electrons. The van der Waals surface area contributed by atoms with E-state index in [1.54, 1.807) is 11.3 Å². The van der Waals surface area contributed by atoms with E-state index in [0.717, 1.165) is 32.9 Å².